The quantitative estimate of drug-likeness (QED) is 0.701. The summed E-state index contributed by atoms with van der Waals surface area (Å²) in [5.41, 5.74) is 1.80. The van der Waals surface area contributed by atoms with Crippen molar-refractivity contribution in [1.82, 2.24) is 0 Å². The Labute approximate surface area is 108 Å². The molecule has 0 unspecified atom stereocenters. The highest BCUT2D eigenvalue weighted by molar-refractivity contribution is 6.12. The molecule has 0 amide bonds. The van der Waals surface area contributed by atoms with E-state index in [-0.39, 0.29) is 5.78 Å². The molecule has 0 spiro atoms. The maximum atomic E-state index is 14.1. The predicted octanol–water partition coefficient (Wildman–Crippen LogP) is 3.75. The summed E-state index contributed by atoms with van der Waals surface area (Å²) in [5.74, 6) is -4.59. The van der Waals surface area contributed by atoms with Crippen LogP contribution in [0.2, 0.25) is 0 Å². The maximum Gasteiger partial charge on any atom is 0.263 e. The molecule has 3 heteroatoms. The van der Waals surface area contributed by atoms with Gasteiger partial charge in [0, 0.05) is 11.1 Å². The van der Waals surface area contributed by atoms with Crippen LogP contribution >= 0.6 is 0 Å². The number of carbonyl (C=O) groups excluding carboxylic acids is 1. The summed E-state index contributed by atoms with van der Waals surface area (Å²) in [6.45, 7) is 0. The van der Waals surface area contributed by atoms with Gasteiger partial charge in [-0.2, -0.15) is 0 Å². The van der Waals surface area contributed by atoms with Crippen LogP contribution in [-0.2, 0) is 0 Å². The van der Waals surface area contributed by atoms with E-state index in [4.69, 9.17) is 0 Å². The third-order valence-corrected chi connectivity index (χ3v) is 4.13. The highest BCUT2D eigenvalue weighted by Gasteiger charge is 2.71. The highest BCUT2D eigenvalue weighted by atomic mass is 19.3. The minimum Gasteiger partial charge on any atom is -0.289 e. The molecule has 0 saturated heterocycles. The number of alkyl halides is 2. The van der Waals surface area contributed by atoms with Crippen molar-refractivity contribution in [2.45, 2.75) is 17.8 Å². The second-order valence-corrected chi connectivity index (χ2v) is 5.13. The number of rotatable bonds is 0. The molecule has 0 bridgehead atoms. The van der Waals surface area contributed by atoms with E-state index in [1.807, 2.05) is 0 Å². The number of halogens is 2. The number of hydrogen-bond acceptors (Lipinski definition) is 1. The van der Waals surface area contributed by atoms with E-state index in [1.165, 1.54) is 0 Å². The molecule has 2 aromatic carbocycles. The summed E-state index contributed by atoms with van der Waals surface area (Å²) >= 11 is 0. The molecule has 1 nitrogen and oxygen atoms in total. The molecule has 0 N–H and O–H groups in total. The van der Waals surface area contributed by atoms with Gasteiger partial charge in [0.2, 0.25) is 0 Å². The van der Waals surface area contributed by atoms with Crippen LogP contribution in [0.25, 0.3) is 0 Å². The number of hydrogen-bond donors (Lipinski definition) is 0. The van der Waals surface area contributed by atoms with Gasteiger partial charge in [-0.1, -0.05) is 48.5 Å². The predicted molar refractivity (Wildman–Crippen MR) is 66.7 cm³/mol. The molecular weight excluding hydrogens is 246 g/mol. The Morgan fingerprint density at radius 2 is 1.21 bits per heavy atom. The molecular formula is C16H10F2O. The Hall–Kier alpha value is -2.03. The summed E-state index contributed by atoms with van der Waals surface area (Å²) in [7, 11) is 0. The van der Waals surface area contributed by atoms with Gasteiger partial charge in [-0.3, -0.25) is 4.79 Å². The van der Waals surface area contributed by atoms with Crippen LogP contribution in [0, 0.1) is 0 Å². The van der Waals surface area contributed by atoms with Gasteiger partial charge < -0.3 is 0 Å². The molecule has 2 aromatic rings. The largest absolute Gasteiger partial charge is 0.289 e. The Morgan fingerprint density at radius 3 is 1.68 bits per heavy atom. The van der Waals surface area contributed by atoms with Crippen LogP contribution in [0.15, 0.2) is 48.5 Å². The topological polar surface area (TPSA) is 17.1 Å². The minimum atomic E-state index is -2.74. The molecule has 4 rings (SSSR count). The third kappa shape index (κ3) is 1.25. The van der Waals surface area contributed by atoms with Crippen molar-refractivity contribution in [3.63, 3.8) is 0 Å². The Morgan fingerprint density at radius 1 is 0.789 bits per heavy atom. The Bertz CT molecular complexity index is 648. The lowest BCUT2D eigenvalue weighted by Gasteiger charge is -2.09. The molecule has 2 aliphatic carbocycles. The lowest BCUT2D eigenvalue weighted by Crippen LogP contribution is -2.09. The van der Waals surface area contributed by atoms with Crippen molar-refractivity contribution < 1.29 is 13.6 Å². The maximum absolute atomic E-state index is 14.1. The number of carbonyl (C=O) groups is 1. The van der Waals surface area contributed by atoms with Crippen LogP contribution in [0.1, 0.15) is 38.9 Å². The smallest absolute Gasteiger partial charge is 0.263 e. The van der Waals surface area contributed by atoms with Crippen LogP contribution < -0.4 is 0 Å². The molecule has 1 fully saturated rings. The average molecular weight is 256 g/mol. The van der Waals surface area contributed by atoms with Crippen molar-refractivity contribution in [2.75, 3.05) is 0 Å². The molecule has 0 aliphatic heterocycles. The zero-order chi connectivity index (χ0) is 13.2. The summed E-state index contributed by atoms with van der Waals surface area (Å²) in [6.07, 6.45) is 0. The first-order valence-corrected chi connectivity index (χ1v) is 6.22. The van der Waals surface area contributed by atoms with E-state index in [1.54, 1.807) is 48.5 Å². The van der Waals surface area contributed by atoms with Crippen molar-refractivity contribution in [3.8, 4) is 0 Å². The molecule has 2 aliphatic rings. The molecule has 94 valence electrons. The van der Waals surface area contributed by atoms with E-state index in [0.29, 0.717) is 22.3 Å². The van der Waals surface area contributed by atoms with Crippen LogP contribution in [0.4, 0.5) is 8.78 Å². The first kappa shape index (κ1) is 10.9. The third-order valence-electron chi connectivity index (χ3n) is 4.13. The number of fused-ring (bicyclic) bond motifs is 5. The molecule has 0 heterocycles. The first-order valence-electron chi connectivity index (χ1n) is 6.22. The second kappa shape index (κ2) is 3.29. The summed E-state index contributed by atoms with van der Waals surface area (Å²) in [6, 6.07) is 13.5. The monoisotopic (exact) mass is 256 g/mol. The Balaban J connectivity index is 2.05. The van der Waals surface area contributed by atoms with E-state index >= 15 is 0 Å². The fourth-order valence-electron chi connectivity index (χ4n) is 3.20. The Kier molecular flexibility index (Phi) is 1.88. The molecule has 0 radical (unpaired) electrons. The first-order chi connectivity index (χ1) is 9.12. The lowest BCUT2D eigenvalue weighted by molar-refractivity contribution is 0.0996. The number of benzene rings is 2. The van der Waals surface area contributed by atoms with E-state index in [2.05, 4.69) is 0 Å². The summed E-state index contributed by atoms with van der Waals surface area (Å²) in [4.78, 5) is 12.5. The molecule has 1 saturated carbocycles. The zero-order valence-corrected chi connectivity index (χ0v) is 9.94. The van der Waals surface area contributed by atoms with Gasteiger partial charge in [0.05, 0.1) is 11.8 Å². The normalized spacial score (nSPS) is 25.9. The number of ketones is 1. The lowest BCUT2D eigenvalue weighted by atomic mass is 9.96. The van der Waals surface area contributed by atoms with Crippen LogP contribution in [0.3, 0.4) is 0 Å². The molecule has 19 heavy (non-hydrogen) atoms. The standard InChI is InChI=1S/C16H10F2O/c17-16(18)13-9-5-1-3-7-11(9)15(19)12-8-4-2-6-10(12)14(13)16/h1-8,13-14H/t13-,14-/m0/s1. The van der Waals surface area contributed by atoms with E-state index < -0.39 is 17.8 Å². The van der Waals surface area contributed by atoms with E-state index in [0.717, 1.165) is 0 Å². The molecule has 0 aromatic heterocycles. The van der Waals surface area contributed by atoms with Crippen LogP contribution in [-0.4, -0.2) is 11.7 Å². The van der Waals surface area contributed by atoms with Crippen molar-refractivity contribution in [3.05, 3.63) is 70.8 Å². The van der Waals surface area contributed by atoms with Gasteiger partial charge in [-0.05, 0) is 11.1 Å². The van der Waals surface area contributed by atoms with E-state index in [9.17, 15) is 13.6 Å². The van der Waals surface area contributed by atoms with Gasteiger partial charge in [0.15, 0.2) is 5.78 Å². The fraction of sp³-hybridized carbons (Fsp3) is 0.188. The summed E-state index contributed by atoms with van der Waals surface area (Å²) < 4.78 is 28.1. The van der Waals surface area contributed by atoms with Gasteiger partial charge in [-0.15, -0.1) is 0 Å². The second-order valence-electron chi connectivity index (χ2n) is 5.13. The fourth-order valence-corrected chi connectivity index (χ4v) is 3.20. The minimum absolute atomic E-state index is 0.144. The van der Waals surface area contributed by atoms with Crippen molar-refractivity contribution in [1.29, 1.82) is 0 Å². The van der Waals surface area contributed by atoms with Crippen LogP contribution in [0.5, 0.6) is 0 Å². The highest BCUT2D eigenvalue weighted by Crippen LogP contribution is 2.69. The van der Waals surface area contributed by atoms with Crippen molar-refractivity contribution in [2.24, 2.45) is 0 Å². The van der Waals surface area contributed by atoms with Gasteiger partial charge in [0.25, 0.3) is 5.92 Å². The SMILES string of the molecule is O=C1c2ccccc2[C@H]2[C@H](c3ccccc31)C2(F)F. The molecule has 2 atom stereocenters. The summed E-state index contributed by atoms with van der Waals surface area (Å²) in [5, 5.41) is 0. The van der Waals surface area contributed by atoms with Gasteiger partial charge >= 0.3 is 0 Å². The van der Waals surface area contributed by atoms with Gasteiger partial charge in [-0.25, -0.2) is 8.78 Å². The zero-order valence-electron chi connectivity index (χ0n) is 9.94. The van der Waals surface area contributed by atoms with Gasteiger partial charge in [0.1, 0.15) is 0 Å². The average Bonchev–Trinajstić information content (AvgIpc) is 3.02. The van der Waals surface area contributed by atoms with Crippen molar-refractivity contribution >= 4 is 5.78 Å².